The topological polar surface area (TPSA) is 61.0 Å². The highest BCUT2D eigenvalue weighted by molar-refractivity contribution is 7.80. The molecule has 0 bridgehead atoms. The second-order valence-electron chi connectivity index (χ2n) is 3.11. The Morgan fingerprint density at radius 1 is 1.24 bits per heavy atom. The van der Waals surface area contributed by atoms with Gasteiger partial charge in [0.2, 0.25) is 5.88 Å². The van der Waals surface area contributed by atoms with Crippen molar-refractivity contribution < 1.29 is 4.74 Å². The van der Waals surface area contributed by atoms with Crippen LogP contribution in [0.5, 0.6) is 11.6 Å². The van der Waals surface area contributed by atoms with E-state index in [0.717, 1.165) is 0 Å². The molecule has 1 heterocycles. The van der Waals surface area contributed by atoms with Crippen molar-refractivity contribution in [3.63, 3.8) is 0 Å². The Hall–Kier alpha value is -1.72. The van der Waals surface area contributed by atoms with Crippen molar-refractivity contribution in [3.05, 3.63) is 47.4 Å². The van der Waals surface area contributed by atoms with Crippen molar-refractivity contribution in [2.75, 3.05) is 0 Å². The molecular weight excluding hydrogens is 258 g/mol. The van der Waals surface area contributed by atoms with Gasteiger partial charge in [0, 0.05) is 12.4 Å². The van der Waals surface area contributed by atoms with E-state index >= 15 is 0 Å². The lowest BCUT2D eigenvalue weighted by Crippen LogP contribution is -2.13. The Balaban J connectivity index is 2.37. The number of benzene rings is 1. The Kier molecular flexibility index (Phi) is 3.51. The summed E-state index contributed by atoms with van der Waals surface area (Å²) in [4.78, 5) is 8.16. The molecule has 0 aliphatic heterocycles. The molecule has 4 nitrogen and oxygen atoms in total. The number of aromatic nitrogens is 2. The fraction of sp³-hybridized carbons (Fsp3) is 0. The molecule has 86 valence electrons. The molecule has 0 radical (unpaired) electrons. The molecule has 0 aliphatic carbocycles. The SMILES string of the molecule is NC(=S)c1nccnc1Oc1ccccc1Cl. The van der Waals surface area contributed by atoms with E-state index in [4.69, 9.17) is 34.3 Å². The number of halogens is 1. The summed E-state index contributed by atoms with van der Waals surface area (Å²) in [5.41, 5.74) is 5.86. The van der Waals surface area contributed by atoms with Crippen molar-refractivity contribution in [3.8, 4) is 11.6 Å². The zero-order valence-electron chi connectivity index (χ0n) is 8.63. The van der Waals surface area contributed by atoms with Gasteiger partial charge in [0.05, 0.1) is 5.02 Å². The van der Waals surface area contributed by atoms with Gasteiger partial charge in [0.15, 0.2) is 5.69 Å². The van der Waals surface area contributed by atoms with Crippen LogP contribution in [0.15, 0.2) is 36.7 Å². The van der Waals surface area contributed by atoms with Crippen LogP contribution in [-0.4, -0.2) is 15.0 Å². The van der Waals surface area contributed by atoms with Crippen LogP contribution in [0.25, 0.3) is 0 Å². The summed E-state index contributed by atoms with van der Waals surface area (Å²) in [5, 5.41) is 0.479. The van der Waals surface area contributed by atoms with Gasteiger partial charge in [-0.3, -0.25) is 0 Å². The highest BCUT2D eigenvalue weighted by atomic mass is 35.5. The van der Waals surface area contributed by atoms with Gasteiger partial charge in [0.25, 0.3) is 0 Å². The largest absolute Gasteiger partial charge is 0.435 e. The van der Waals surface area contributed by atoms with Crippen LogP contribution in [0.3, 0.4) is 0 Å². The van der Waals surface area contributed by atoms with Crippen LogP contribution in [-0.2, 0) is 0 Å². The minimum atomic E-state index is 0.125. The minimum absolute atomic E-state index is 0.125. The molecule has 0 saturated carbocycles. The van der Waals surface area contributed by atoms with E-state index in [0.29, 0.717) is 16.5 Å². The van der Waals surface area contributed by atoms with Gasteiger partial charge in [-0.1, -0.05) is 36.0 Å². The van der Waals surface area contributed by atoms with Crippen molar-refractivity contribution in [1.29, 1.82) is 0 Å². The molecule has 2 aromatic rings. The second kappa shape index (κ2) is 5.07. The summed E-state index contributed by atoms with van der Waals surface area (Å²) in [5.74, 6) is 0.722. The predicted molar refractivity (Wildman–Crippen MR) is 69.4 cm³/mol. The maximum Gasteiger partial charge on any atom is 0.248 e. The Labute approximate surface area is 108 Å². The van der Waals surface area contributed by atoms with Crippen LogP contribution in [0, 0.1) is 0 Å². The molecular formula is C11H8ClN3OS. The third kappa shape index (κ3) is 2.69. The monoisotopic (exact) mass is 265 g/mol. The molecule has 17 heavy (non-hydrogen) atoms. The quantitative estimate of drug-likeness (QED) is 0.865. The number of nitrogens with two attached hydrogens (primary N) is 1. The smallest absolute Gasteiger partial charge is 0.248 e. The molecule has 0 unspecified atom stereocenters. The van der Waals surface area contributed by atoms with Gasteiger partial charge in [-0.25, -0.2) is 9.97 Å². The molecule has 0 saturated heterocycles. The number of nitrogens with zero attached hydrogens (tertiary/aromatic N) is 2. The highest BCUT2D eigenvalue weighted by Gasteiger charge is 2.11. The normalized spacial score (nSPS) is 9.94. The van der Waals surface area contributed by atoms with Gasteiger partial charge in [-0.05, 0) is 12.1 Å². The maximum atomic E-state index is 5.97. The van der Waals surface area contributed by atoms with E-state index in [-0.39, 0.29) is 10.9 Å². The number of thiocarbonyl (C=S) groups is 1. The van der Waals surface area contributed by atoms with Crippen molar-refractivity contribution in [2.24, 2.45) is 5.73 Å². The van der Waals surface area contributed by atoms with E-state index in [1.54, 1.807) is 24.3 Å². The molecule has 0 atom stereocenters. The van der Waals surface area contributed by atoms with Crippen LogP contribution in [0.1, 0.15) is 5.69 Å². The number of hydrogen-bond donors (Lipinski definition) is 1. The summed E-state index contributed by atoms with van der Waals surface area (Å²) in [6, 6.07) is 7.05. The van der Waals surface area contributed by atoms with Gasteiger partial charge in [-0.15, -0.1) is 0 Å². The third-order valence-electron chi connectivity index (χ3n) is 1.94. The van der Waals surface area contributed by atoms with Crippen molar-refractivity contribution in [2.45, 2.75) is 0 Å². The molecule has 0 fully saturated rings. The average Bonchev–Trinajstić information content (AvgIpc) is 2.32. The zero-order valence-corrected chi connectivity index (χ0v) is 10.2. The zero-order chi connectivity index (χ0) is 12.3. The molecule has 1 aromatic carbocycles. The van der Waals surface area contributed by atoms with E-state index in [2.05, 4.69) is 9.97 Å². The molecule has 2 N–H and O–H groups in total. The number of rotatable bonds is 3. The lowest BCUT2D eigenvalue weighted by Gasteiger charge is -2.08. The third-order valence-corrected chi connectivity index (χ3v) is 2.45. The number of hydrogen-bond acceptors (Lipinski definition) is 4. The van der Waals surface area contributed by atoms with Gasteiger partial charge < -0.3 is 10.5 Å². The highest BCUT2D eigenvalue weighted by Crippen LogP contribution is 2.28. The molecule has 1 aromatic heterocycles. The van der Waals surface area contributed by atoms with Gasteiger partial charge in [-0.2, -0.15) is 0 Å². The number of ether oxygens (including phenoxy) is 1. The van der Waals surface area contributed by atoms with E-state index in [1.807, 2.05) is 0 Å². The first-order chi connectivity index (χ1) is 8.18. The lowest BCUT2D eigenvalue weighted by atomic mass is 10.3. The fourth-order valence-corrected chi connectivity index (χ4v) is 1.51. The van der Waals surface area contributed by atoms with Gasteiger partial charge in [0.1, 0.15) is 10.7 Å². The molecule has 0 spiro atoms. The fourth-order valence-electron chi connectivity index (χ4n) is 1.20. The summed E-state index contributed by atoms with van der Waals surface area (Å²) in [6.07, 6.45) is 2.99. The predicted octanol–water partition coefficient (Wildman–Crippen LogP) is 2.56. The standard InChI is InChI=1S/C11H8ClN3OS/c12-7-3-1-2-4-8(7)16-11-9(10(13)17)14-5-6-15-11/h1-6H,(H2,13,17). The first-order valence-corrected chi connectivity index (χ1v) is 5.50. The Morgan fingerprint density at radius 3 is 2.65 bits per heavy atom. The lowest BCUT2D eigenvalue weighted by molar-refractivity contribution is 0.459. The summed E-state index contributed by atoms with van der Waals surface area (Å²) in [6.45, 7) is 0. The summed E-state index contributed by atoms with van der Waals surface area (Å²) >= 11 is 10.8. The van der Waals surface area contributed by atoms with Crippen LogP contribution < -0.4 is 10.5 Å². The second-order valence-corrected chi connectivity index (χ2v) is 3.95. The van der Waals surface area contributed by atoms with E-state index in [1.165, 1.54) is 12.4 Å². The van der Waals surface area contributed by atoms with Crippen LogP contribution in [0.4, 0.5) is 0 Å². The maximum absolute atomic E-state index is 5.97. The van der Waals surface area contributed by atoms with E-state index < -0.39 is 0 Å². The van der Waals surface area contributed by atoms with Crippen molar-refractivity contribution >= 4 is 28.8 Å². The Morgan fingerprint density at radius 2 is 1.94 bits per heavy atom. The molecule has 6 heteroatoms. The number of para-hydroxylation sites is 1. The molecule has 0 aliphatic rings. The summed E-state index contributed by atoms with van der Waals surface area (Å²) in [7, 11) is 0. The van der Waals surface area contributed by atoms with Crippen molar-refractivity contribution in [1.82, 2.24) is 9.97 Å². The first-order valence-electron chi connectivity index (χ1n) is 4.71. The first kappa shape index (κ1) is 11.8. The molecule has 2 rings (SSSR count). The van der Waals surface area contributed by atoms with Gasteiger partial charge >= 0.3 is 0 Å². The van der Waals surface area contributed by atoms with Crippen LogP contribution >= 0.6 is 23.8 Å². The van der Waals surface area contributed by atoms with E-state index in [9.17, 15) is 0 Å². The summed E-state index contributed by atoms with van der Waals surface area (Å²) < 4.78 is 5.53. The van der Waals surface area contributed by atoms with Crippen LogP contribution in [0.2, 0.25) is 5.02 Å². The average molecular weight is 266 g/mol. The minimum Gasteiger partial charge on any atom is -0.435 e. The Bertz CT molecular complexity index is 562. The molecule has 0 amide bonds.